The van der Waals surface area contributed by atoms with Gasteiger partial charge < -0.3 is 15.4 Å². The van der Waals surface area contributed by atoms with Gasteiger partial charge in [0.05, 0.1) is 29.6 Å². The highest BCUT2D eigenvalue weighted by Gasteiger charge is 2.41. The van der Waals surface area contributed by atoms with Crippen LogP contribution < -0.4 is 10.6 Å². The third kappa shape index (κ3) is 4.29. The molecule has 1 aromatic heterocycles. The summed E-state index contributed by atoms with van der Waals surface area (Å²) in [5, 5.41) is 11.6. The number of aliphatic imine (C=N–C) groups is 1. The van der Waals surface area contributed by atoms with Crippen LogP contribution in [0.1, 0.15) is 36.2 Å². The van der Waals surface area contributed by atoms with E-state index in [2.05, 4.69) is 58.0 Å². The summed E-state index contributed by atoms with van der Waals surface area (Å²) in [6.45, 7) is 4.79. The molecule has 2 bridgehead atoms. The maximum atomic E-state index is 5.93. The molecule has 3 heterocycles. The Hall–Kier alpha value is -1.61. The van der Waals surface area contributed by atoms with Crippen molar-refractivity contribution in [2.45, 2.75) is 57.9 Å². The summed E-state index contributed by atoms with van der Waals surface area (Å²) in [5.41, 5.74) is 4.45. The highest BCUT2D eigenvalue weighted by atomic mass is 127. The Labute approximate surface area is 177 Å². The van der Waals surface area contributed by atoms with Crippen molar-refractivity contribution in [2.24, 2.45) is 4.99 Å². The number of aromatic nitrogens is 2. The molecule has 2 fully saturated rings. The average molecular weight is 481 g/mol. The van der Waals surface area contributed by atoms with E-state index in [1.807, 2.05) is 18.7 Å². The maximum Gasteiger partial charge on any atom is 0.191 e. The van der Waals surface area contributed by atoms with Gasteiger partial charge >= 0.3 is 0 Å². The summed E-state index contributed by atoms with van der Waals surface area (Å²) in [7, 11) is 1.82. The van der Waals surface area contributed by atoms with Gasteiger partial charge in [-0.05, 0) is 50.8 Å². The van der Waals surface area contributed by atoms with E-state index in [1.54, 1.807) is 0 Å². The van der Waals surface area contributed by atoms with Gasteiger partial charge in [0.2, 0.25) is 0 Å². The number of hydrogen-bond donors (Lipinski definition) is 2. The summed E-state index contributed by atoms with van der Waals surface area (Å²) in [4.78, 5) is 4.39. The van der Waals surface area contributed by atoms with Gasteiger partial charge in [-0.15, -0.1) is 24.0 Å². The van der Waals surface area contributed by atoms with E-state index in [-0.39, 0.29) is 24.0 Å². The molecule has 0 amide bonds. The van der Waals surface area contributed by atoms with Crippen LogP contribution in [0, 0.1) is 13.8 Å². The SMILES string of the molecule is CN=C(NCc1ccccc1-n1nc(C)cc1C)NC1CC2CCC1O2.I. The molecule has 7 heteroatoms. The fourth-order valence-corrected chi connectivity index (χ4v) is 4.08. The lowest BCUT2D eigenvalue weighted by atomic mass is 9.96. The smallest absolute Gasteiger partial charge is 0.191 e. The van der Waals surface area contributed by atoms with Crippen molar-refractivity contribution >= 4 is 29.9 Å². The van der Waals surface area contributed by atoms with Crippen LogP contribution in [0.5, 0.6) is 0 Å². The van der Waals surface area contributed by atoms with E-state index in [0.717, 1.165) is 35.9 Å². The minimum Gasteiger partial charge on any atom is -0.373 e. The van der Waals surface area contributed by atoms with Gasteiger partial charge in [0, 0.05) is 19.3 Å². The lowest BCUT2D eigenvalue weighted by Crippen LogP contribution is -2.47. The summed E-state index contributed by atoms with van der Waals surface area (Å²) >= 11 is 0. The molecule has 1 aromatic carbocycles. The van der Waals surface area contributed by atoms with Crippen molar-refractivity contribution in [3.05, 3.63) is 47.3 Å². The first kappa shape index (κ1) is 20.1. The number of hydrogen-bond acceptors (Lipinski definition) is 3. The van der Waals surface area contributed by atoms with E-state index in [0.29, 0.717) is 24.8 Å². The van der Waals surface area contributed by atoms with Crippen molar-refractivity contribution in [1.29, 1.82) is 0 Å². The van der Waals surface area contributed by atoms with Gasteiger partial charge in [-0.1, -0.05) is 18.2 Å². The van der Waals surface area contributed by atoms with Crippen LogP contribution in [0.2, 0.25) is 0 Å². The Bertz CT molecular complexity index is 818. The predicted octanol–water partition coefficient (Wildman–Crippen LogP) is 3.09. The molecule has 146 valence electrons. The van der Waals surface area contributed by atoms with E-state index in [9.17, 15) is 0 Å². The summed E-state index contributed by atoms with van der Waals surface area (Å²) < 4.78 is 7.93. The topological polar surface area (TPSA) is 63.5 Å². The Morgan fingerprint density at radius 2 is 2.11 bits per heavy atom. The third-order valence-corrected chi connectivity index (χ3v) is 5.33. The number of nitrogens with zero attached hydrogens (tertiary/aromatic N) is 3. The van der Waals surface area contributed by atoms with Crippen LogP contribution in [0.4, 0.5) is 0 Å². The van der Waals surface area contributed by atoms with Crippen LogP contribution >= 0.6 is 24.0 Å². The molecule has 0 spiro atoms. The van der Waals surface area contributed by atoms with Crippen molar-refractivity contribution < 1.29 is 4.74 Å². The number of benzene rings is 1. The number of nitrogens with one attached hydrogen (secondary N) is 2. The Balaban J connectivity index is 0.00000210. The first-order valence-corrected chi connectivity index (χ1v) is 9.38. The van der Waals surface area contributed by atoms with E-state index >= 15 is 0 Å². The number of para-hydroxylation sites is 1. The second kappa shape index (κ2) is 8.60. The van der Waals surface area contributed by atoms with Crippen molar-refractivity contribution in [3.8, 4) is 5.69 Å². The average Bonchev–Trinajstić information content (AvgIpc) is 3.34. The lowest BCUT2D eigenvalue weighted by Gasteiger charge is -2.23. The number of halogens is 1. The molecule has 3 atom stereocenters. The van der Waals surface area contributed by atoms with Crippen LogP contribution in [0.15, 0.2) is 35.3 Å². The standard InChI is InChI=1S/C20H27N5O.HI/c1-13-10-14(2)25(24-13)18-7-5-4-6-15(18)12-22-20(21-3)23-17-11-16-8-9-19(17)26-16;/h4-7,10,16-17,19H,8-9,11-12H2,1-3H3,(H2,21,22,23);1H. The summed E-state index contributed by atoms with van der Waals surface area (Å²) in [6.07, 6.45) is 4.20. The normalized spacial score (nSPS) is 24.0. The van der Waals surface area contributed by atoms with Gasteiger partial charge in [0.1, 0.15) is 0 Å². The van der Waals surface area contributed by atoms with Gasteiger partial charge in [-0.3, -0.25) is 4.99 Å². The molecule has 2 N–H and O–H groups in total. The quantitative estimate of drug-likeness (QED) is 0.401. The Kier molecular flexibility index (Phi) is 6.41. The molecule has 2 aliphatic rings. The highest BCUT2D eigenvalue weighted by Crippen LogP contribution is 2.34. The zero-order valence-electron chi connectivity index (χ0n) is 16.1. The number of ether oxygens (including phenoxy) is 1. The van der Waals surface area contributed by atoms with Crippen molar-refractivity contribution in [2.75, 3.05) is 7.05 Å². The van der Waals surface area contributed by atoms with Crippen LogP contribution in [-0.4, -0.2) is 41.0 Å². The van der Waals surface area contributed by atoms with Crippen molar-refractivity contribution in [3.63, 3.8) is 0 Å². The monoisotopic (exact) mass is 481 g/mol. The van der Waals surface area contributed by atoms with Crippen molar-refractivity contribution in [1.82, 2.24) is 20.4 Å². The van der Waals surface area contributed by atoms with Gasteiger partial charge in [0.25, 0.3) is 0 Å². The maximum absolute atomic E-state index is 5.93. The van der Waals surface area contributed by atoms with Crippen LogP contribution in [0.25, 0.3) is 5.69 Å². The second-order valence-electron chi connectivity index (χ2n) is 7.25. The molecule has 2 aliphatic heterocycles. The fraction of sp³-hybridized carbons (Fsp3) is 0.500. The minimum absolute atomic E-state index is 0. The predicted molar refractivity (Wildman–Crippen MR) is 118 cm³/mol. The number of guanidine groups is 1. The number of aryl methyl sites for hydroxylation is 2. The van der Waals surface area contributed by atoms with E-state index in [1.165, 1.54) is 12.0 Å². The first-order valence-electron chi connectivity index (χ1n) is 9.38. The molecule has 2 aromatic rings. The van der Waals surface area contributed by atoms with Gasteiger partial charge in [-0.25, -0.2) is 4.68 Å². The fourth-order valence-electron chi connectivity index (χ4n) is 4.08. The minimum atomic E-state index is 0. The molecule has 2 saturated heterocycles. The summed E-state index contributed by atoms with van der Waals surface area (Å²) in [6, 6.07) is 10.8. The summed E-state index contributed by atoms with van der Waals surface area (Å²) in [5.74, 6) is 0.828. The molecular formula is C20H28IN5O. The van der Waals surface area contributed by atoms with Crippen LogP contribution in [0.3, 0.4) is 0 Å². The number of rotatable bonds is 4. The lowest BCUT2D eigenvalue weighted by molar-refractivity contribution is 0.0992. The van der Waals surface area contributed by atoms with E-state index < -0.39 is 0 Å². The first-order chi connectivity index (χ1) is 12.6. The third-order valence-electron chi connectivity index (χ3n) is 5.33. The molecular weight excluding hydrogens is 453 g/mol. The van der Waals surface area contributed by atoms with Crippen LogP contribution in [-0.2, 0) is 11.3 Å². The van der Waals surface area contributed by atoms with Gasteiger partial charge in [-0.2, -0.15) is 5.10 Å². The Morgan fingerprint density at radius 1 is 1.30 bits per heavy atom. The molecule has 0 aliphatic carbocycles. The molecule has 27 heavy (non-hydrogen) atoms. The molecule has 0 radical (unpaired) electrons. The molecule has 0 saturated carbocycles. The highest BCUT2D eigenvalue weighted by molar-refractivity contribution is 14.0. The molecule has 4 rings (SSSR count). The van der Waals surface area contributed by atoms with Gasteiger partial charge in [0.15, 0.2) is 5.96 Å². The zero-order chi connectivity index (χ0) is 18.1. The zero-order valence-corrected chi connectivity index (χ0v) is 18.4. The van der Waals surface area contributed by atoms with E-state index in [4.69, 9.17) is 4.74 Å². The molecule has 3 unspecified atom stereocenters. The largest absolute Gasteiger partial charge is 0.373 e. The molecule has 6 nitrogen and oxygen atoms in total. The second-order valence-corrected chi connectivity index (χ2v) is 7.25. The number of fused-ring (bicyclic) bond motifs is 2. The Morgan fingerprint density at radius 3 is 2.74 bits per heavy atom.